The first-order valence-electron chi connectivity index (χ1n) is 7.15. The molecule has 2 aromatic carbocycles. The first kappa shape index (κ1) is 19.3. The van der Waals surface area contributed by atoms with E-state index in [1.165, 1.54) is 0 Å². The Morgan fingerprint density at radius 1 is 1.16 bits per heavy atom. The van der Waals surface area contributed by atoms with Gasteiger partial charge in [0.05, 0.1) is 6.42 Å². The van der Waals surface area contributed by atoms with E-state index in [2.05, 4.69) is 21.2 Å². The number of benzene rings is 2. The molecule has 0 saturated carbocycles. The predicted octanol–water partition coefficient (Wildman–Crippen LogP) is 3.74. The zero-order chi connectivity index (χ0) is 18.6. The summed E-state index contributed by atoms with van der Waals surface area (Å²) in [4.78, 5) is 23.4. The van der Waals surface area contributed by atoms with Crippen LogP contribution in [-0.2, 0) is 22.4 Å². The van der Waals surface area contributed by atoms with Gasteiger partial charge >= 0.3 is 5.97 Å². The monoisotopic (exact) mass is 431 g/mol. The summed E-state index contributed by atoms with van der Waals surface area (Å²) in [5, 5.41) is 12.1. The third-order valence-corrected chi connectivity index (χ3v) is 4.36. The molecular weight excluding hydrogens is 420 g/mol. The van der Waals surface area contributed by atoms with Gasteiger partial charge in [0.2, 0.25) is 5.91 Å². The van der Waals surface area contributed by atoms with Crippen LogP contribution in [0.4, 0.5) is 8.78 Å². The van der Waals surface area contributed by atoms with E-state index in [9.17, 15) is 23.5 Å². The molecule has 4 nitrogen and oxygen atoms in total. The molecule has 25 heavy (non-hydrogen) atoms. The van der Waals surface area contributed by atoms with Crippen LogP contribution in [0.25, 0.3) is 0 Å². The first-order valence-corrected chi connectivity index (χ1v) is 8.33. The summed E-state index contributed by atoms with van der Waals surface area (Å²) in [6.45, 7) is 0. The minimum absolute atomic E-state index is 0.000269. The van der Waals surface area contributed by atoms with Crippen molar-refractivity contribution in [1.82, 2.24) is 5.32 Å². The van der Waals surface area contributed by atoms with Crippen molar-refractivity contribution < 1.29 is 23.5 Å². The molecule has 2 N–H and O–H groups in total. The maximum Gasteiger partial charge on any atom is 0.326 e. The molecule has 0 fully saturated rings. The fraction of sp³-hybridized carbons (Fsp3) is 0.176. The lowest BCUT2D eigenvalue weighted by atomic mass is 10.1. The van der Waals surface area contributed by atoms with Crippen LogP contribution in [0.3, 0.4) is 0 Å². The molecule has 2 aromatic rings. The van der Waals surface area contributed by atoms with Crippen molar-refractivity contribution in [1.29, 1.82) is 0 Å². The lowest BCUT2D eigenvalue weighted by Gasteiger charge is -2.16. The highest BCUT2D eigenvalue weighted by molar-refractivity contribution is 9.10. The Hall–Kier alpha value is -1.99. The molecule has 0 aromatic heterocycles. The number of carbonyl (C=O) groups is 2. The van der Waals surface area contributed by atoms with Gasteiger partial charge in [-0.15, -0.1) is 0 Å². The van der Waals surface area contributed by atoms with Crippen LogP contribution in [0.1, 0.15) is 11.1 Å². The number of amides is 1. The molecule has 2 rings (SSSR count). The van der Waals surface area contributed by atoms with Gasteiger partial charge in [-0.25, -0.2) is 13.6 Å². The van der Waals surface area contributed by atoms with E-state index < -0.39 is 29.6 Å². The summed E-state index contributed by atoms with van der Waals surface area (Å²) in [6, 6.07) is 6.43. The number of carboxylic acid groups (broad SMARTS) is 1. The molecule has 0 bridgehead atoms. The average Bonchev–Trinajstić information content (AvgIpc) is 2.48. The van der Waals surface area contributed by atoms with Gasteiger partial charge in [-0.1, -0.05) is 27.5 Å². The van der Waals surface area contributed by atoms with Crippen LogP contribution in [0, 0.1) is 11.6 Å². The number of halogens is 4. The van der Waals surface area contributed by atoms with Gasteiger partial charge < -0.3 is 10.4 Å². The number of nitrogens with one attached hydrogen (secondary N) is 1. The molecule has 0 spiro atoms. The SMILES string of the molecule is O=C(Cc1cc(F)cc(F)c1)N[C@H](Cc1cc(Cl)ccc1Br)C(=O)O. The highest BCUT2D eigenvalue weighted by atomic mass is 79.9. The molecule has 1 amide bonds. The van der Waals surface area contributed by atoms with E-state index in [0.717, 1.165) is 12.1 Å². The van der Waals surface area contributed by atoms with Gasteiger partial charge in [-0.2, -0.15) is 0 Å². The van der Waals surface area contributed by atoms with Crippen molar-refractivity contribution in [3.8, 4) is 0 Å². The van der Waals surface area contributed by atoms with Crippen LogP contribution >= 0.6 is 27.5 Å². The van der Waals surface area contributed by atoms with Gasteiger partial charge in [-0.05, 0) is 41.5 Å². The van der Waals surface area contributed by atoms with E-state index in [1.54, 1.807) is 18.2 Å². The van der Waals surface area contributed by atoms with Gasteiger partial charge in [0.1, 0.15) is 17.7 Å². The van der Waals surface area contributed by atoms with E-state index in [4.69, 9.17) is 11.6 Å². The second-order valence-electron chi connectivity index (χ2n) is 5.35. The Kier molecular flexibility index (Phi) is 6.50. The lowest BCUT2D eigenvalue weighted by molar-refractivity contribution is -0.141. The average molecular weight is 433 g/mol. The lowest BCUT2D eigenvalue weighted by Crippen LogP contribution is -2.43. The van der Waals surface area contributed by atoms with Crippen molar-refractivity contribution in [3.05, 3.63) is 68.7 Å². The zero-order valence-electron chi connectivity index (χ0n) is 12.7. The van der Waals surface area contributed by atoms with Gasteiger partial charge in [0.15, 0.2) is 0 Å². The van der Waals surface area contributed by atoms with Crippen molar-refractivity contribution in [2.45, 2.75) is 18.9 Å². The zero-order valence-corrected chi connectivity index (χ0v) is 15.1. The van der Waals surface area contributed by atoms with Crippen LogP contribution in [0.5, 0.6) is 0 Å². The van der Waals surface area contributed by atoms with Crippen molar-refractivity contribution >= 4 is 39.4 Å². The fourth-order valence-electron chi connectivity index (χ4n) is 2.26. The Balaban J connectivity index is 2.09. The highest BCUT2D eigenvalue weighted by Gasteiger charge is 2.22. The molecule has 132 valence electrons. The summed E-state index contributed by atoms with van der Waals surface area (Å²) >= 11 is 9.19. The molecule has 0 aliphatic carbocycles. The maximum atomic E-state index is 13.2. The van der Waals surface area contributed by atoms with E-state index in [0.29, 0.717) is 21.1 Å². The third kappa shape index (κ3) is 5.79. The molecular formula is C17H13BrClF2NO3. The number of carbonyl (C=O) groups excluding carboxylic acids is 1. The third-order valence-electron chi connectivity index (χ3n) is 3.35. The van der Waals surface area contributed by atoms with Gasteiger partial charge in [0.25, 0.3) is 0 Å². The number of carboxylic acids is 1. The molecule has 0 aliphatic heterocycles. The Labute approximate surface area is 155 Å². The van der Waals surface area contributed by atoms with Crippen LogP contribution < -0.4 is 5.32 Å². The summed E-state index contributed by atoms with van der Waals surface area (Å²) in [6.07, 6.45) is -0.338. The summed E-state index contributed by atoms with van der Waals surface area (Å²) in [5.74, 6) is -3.50. The Morgan fingerprint density at radius 3 is 2.40 bits per heavy atom. The van der Waals surface area contributed by atoms with Crippen LogP contribution in [-0.4, -0.2) is 23.0 Å². The maximum absolute atomic E-state index is 13.2. The smallest absolute Gasteiger partial charge is 0.326 e. The van der Waals surface area contributed by atoms with Crippen LogP contribution in [0.2, 0.25) is 5.02 Å². The minimum atomic E-state index is -1.23. The summed E-state index contributed by atoms with van der Waals surface area (Å²) < 4.78 is 27.0. The largest absolute Gasteiger partial charge is 0.480 e. The number of rotatable bonds is 6. The van der Waals surface area contributed by atoms with Crippen molar-refractivity contribution in [3.63, 3.8) is 0 Å². The second-order valence-corrected chi connectivity index (χ2v) is 6.64. The molecule has 0 radical (unpaired) electrons. The Bertz CT molecular complexity index is 796. The topological polar surface area (TPSA) is 66.4 Å². The Morgan fingerprint density at radius 2 is 1.80 bits per heavy atom. The molecule has 1 atom stereocenters. The molecule has 0 saturated heterocycles. The standard InChI is InChI=1S/C17H13BrClF2NO3/c18-14-2-1-11(19)6-10(14)7-15(17(24)25)22-16(23)5-9-3-12(20)8-13(21)4-9/h1-4,6,8,15H,5,7H2,(H,22,23)(H,24,25)/t15-/m1/s1. The van der Waals surface area contributed by atoms with E-state index in [1.807, 2.05) is 0 Å². The number of aliphatic carboxylic acids is 1. The highest BCUT2D eigenvalue weighted by Crippen LogP contribution is 2.22. The molecule has 0 unspecified atom stereocenters. The van der Waals surface area contributed by atoms with Crippen molar-refractivity contribution in [2.24, 2.45) is 0 Å². The second kappa shape index (κ2) is 8.40. The minimum Gasteiger partial charge on any atom is -0.480 e. The summed E-state index contributed by atoms with van der Waals surface area (Å²) in [7, 11) is 0. The quantitative estimate of drug-likeness (QED) is 0.731. The van der Waals surface area contributed by atoms with Gasteiger partial charge in [0, 0.05) is 22.0 Å². The number of hydrogen-bond acceptors (Lipinski definition) is 2. The predicted molar refractivity (Wildman–Crippen MR) is 92.5 cm³/mol. The number of hydrogen-bond donors (Lipinski definition) is 2. The summed E-state index contributed by atoms with van der Waals surface area (Å²) in [5.41, 5.74) is 0.722. The van der Waals surface area contributed by atoms with E-state index >= 15 is 0 Å². The first-order chi connectivity index (χ1) is 11.7. The molecule has 0 aliphatic rings. The normalized spacial score (nSPS) is 11.8. The molecule has 0 heterocycles. The van der Waals surface area contributed by atoms with E-state index in [-0.39, 0.29) is 18.4 Å². The fourth-order valence-corrected chi connectivity index (χ4v) is 2.87. The van der Waals surface area contributed by atoms with Gasteiger partial charge in [-0.3, -0.25) is 4.79 Å². The molecule has 8 heteroatoms. The van der Waals surface area contributed by atoms with Crippen molar-refractivity contribution in [2.75, 3.05) is 0 Å². The van der Waals surface area contributed by atoms with Crippen LogP contribution in [0.15, 0.2) is 40.9 Å².